The summed E-state index contributed by atoms with van der Waals surface area (Å²) in [5.74, 6) is -1.04. The zero-order chi connectivity index (χ0) is 34.7. The molecular formula is C37H27N3O8S. The van der Waals surface area contributed by atoms with Gasteiger partial charge in [0.2, 0.25) is 0 Å². The highest BCUT2D eigenvalue weighted by molar-refractivity contribution is 7.86. The number of hydrogen-bond donors (Lipinski definition) is 4. The standard InChI is InChI=1S/C37H27N3O8S/c1-22-11-18-31(33(19-22)49(45,46)47)39-40-34-28-10-6-5-9-24(28)20-30(36(34)43)37(44)38-25-12-14-26(15-13-25)48-27-16-17-29(32(41)21-27)35(42)23-7-3-2-4-8-23/h2-21,41,43H,1H3,(H,38,44)(H,45,46,47). The fourth-order valence-corrected chi connectivity index (χ4v) is 5.77. The van der Waals surface area contributed by atoms with Crippen LogP contribution in [0, 0.1) is 6.92 Å². The molecule has 0 spiro atoms. The van der Waals surface area contributed by atoms with Crippen LogP contribution in [0.15, 0.2) is 136 Å². The van der Waals surface area contributed by atoms with Gasteiger partial charge in [0.15, 0.2) is 11.5 Å². The van der Waals surface area contributed by atoms with Crippen LogP contribution in [-0.2, 0) is 10.1 Å². The zero-order valence-corrected chi connectivity index (χ0v) is 26.5. The number of carbonyl (C=O) groups is 2. The van der Waals surface area contributed by atoms with Crippen molar-refractivity contribution in [2.24, 2.45) is 10.2 Å². The highest BCUT2D eigenvalue weighted by atomic mass is 32.2. The first-order chi connectivity index (χ1) is 23.5. The number of carbonyl (C=O) groups excluding carboxylic acids is 2. The van der Waals surface area contributed by atoms with Gasteiger partial charge in [-0.1, -0.05) is 60.7 Å². The topological polar surface area (TPSA) is 175 Å². The second kappa shape index (κ2) is 13.4. The van der Waals surface area contributed by atoms with Gasteiger partial charge < -0.3 is 20.3 Å². The van der Waals surface area contributed by atoms with Crippen molar-refractivity contribution in [2.45, 2.75) is 11.8 Å². The molecule has 0 bridgehead atoms. The molecule has 244 valence electrons. The van der Waals surface area contributed by atoms with E-state index in [-0.39, 0.29) is 39.8 Å². The van der Waals surface area contributed by atoms with E-state index >= 15 is 0 Å². The monoisotopic (exact) mass is 673 g/mol. The van der Waals surface area contributed by atoms with Gasteiger partial charge in [-0.3, -0.25) is 14.1 Å². The average Bonchev–Trinajstić information content (AvgIpc) is 3.08. The first-order valence-corrected chi connectivity index (χ1v) is 16.2. The van der Waals surface area contributed by atoms with E-state index in [2.05, 4.69) is 15.5 Å². The Kier molecular flexibility index (Phi) is 8.90. The van der Waals surface area contributed by atoms with Gasteiger partial charge in [0, 0.05) is 22.7 Å². The van der Waals surface area contributed by atoms with Gasteiger partial charge >= 0.3 is 0 Å². The Morgan fingerprint density at radius 3 is 2.14 bits per heavy atom. The molecule has 0 aromatic heterocycles. The number of rotatable bonds is 9. The molecule has 0 aliphatic carbocycles. The lowest BCUT2D eigenvalue weighted by Gasteiger charge is -2.12. The number of phenols is 2. The van der Waals surface area contributed by atoms with Crippen LogP contribution in [0.25, 0.3) is 10.8 Å². The smallest absolute Gasteiger partial charge is 0.296 e. The molecule has 11 nitrogen and oxygen atoms in total. The van der Waals surface area contributed by atoms with Gasteiger partial charge in [-0.15, -0.1) is 10.2 Å². The van der Waals surface area contributed by atoms with E-state index in [4.69, 9.17) is 4.74 Å². The Labute approximate surface area is 280 Å². The first kappa shape index (κ1) is 32.6. The van der Waals surface area contributed by atoms with Crippen molar-refractivity contribution >= 4 is 49.6 Å². The third-order valence-electron chi connectivity index (χ3n) is 7.49. The van der Waals surface area contributed by atoms with E-state index in [1.165, 1.54) is 30.3 Å². The van der Waals surface area contributed by atoms with Crippen molar-refractivity contribution in [3.8, 4) is 23.0 Å². The number of benzene rings is 6. The molecule has 0 heterocycles. The highest BCUT2D eigenvalue weighted by Gasteiger charge is 2.20. The van der Waals surface area contributed by atoms with Gasteiger partial charge in [-0.2, -0.15) is 8.42 Å². The lowest BCUT2D eigenvalue weighted by Crippen LogP contribution is -2.12. The predicted molar refractivity (Wildman–Crippen MR) is 183 cm³/mol. The number of aryl methyl sites for hydroxylation is 1. The summed E-state index contributed by atoms with van der Waals surface area (Å²) in [6, 6.07) is 31.8. The molecule has 1 amide bonds. The zero-order valence-electron chi connectivity index (χ0n) is 25.7. The summed E-state index contributed by atoms with van der Waals surface area (Å²) < 4.78 is 39.4. The minimum absolute atomic E-state index is 0.0754. The summed E-state index contributed by atoms with van der Waals surface area (Å²) in [5.41, 5.74) is 1.18. The Balaban J connectivity index is 1.21. The van der Waals surface area contributed by atoms with E-state index in [9.17, 15) is 32.8 Å². The van der Waals surface area contributed by atoms with Crippen LogP contribution in [0.1, 0.15) is 31.8 Å². The molecule has 0 aliphatic rings. The minimum Gasteiger partial charge on any atom is -0.507 e. The minimum atomic E-state index is -4.62. The van der Waals surface area contributed by atoms with Crippen LogP contribution in [0.3, 0.4) is 0 Å². The summed E-state index contributed by atoms with van der Waals surface area (Å²) in [7, 11) is -4.62. The number of ether oxygens (including phenoxy) is 1. The molecule has 6 aromatic rings. The number of fused-ring (bicyclic) bond motifs is 1. The van der Waals surface area contributed by atoms with Crippen LogP contribution in [0.2, 0.25) is 0 Å². The molecule has 0 aliphatic heterocycles. The van der Waals surface area contributed by atoms with Gasteiger partial charge in [0.25, 0.3) is 16.0 Å². The number of anilines is 1. The largest absolute Gasteiger partial charge is 0.507 e. The molecule has 0 atom stereocenters. The van der Waals surface area contributed by atoms with Crippen LogP contribution in [0.4, 0.5) is 17.1 Å². The molecule has 49 heavy (non-hydrogen) atoms. The third-order valence-corrected chi connectivity index (χ3v) is 8.37. The Bertz CT molecular complexity index is 2380. The summed E-state index contributed by atoms with van der Waals surface area (Å²) in [6.45, 7) is 1.65. The number of azo groups is 1. The van der Waals surface area contributed by atoms with E-state index in [1.54, 1.807) is 97.9 Å². The fraction of sp³-hybridized carbons (Fsp3) is 0.0270. The molecular weight excluding hydrogens is 646 g/mol. The SMILES string of the molecule is Cc1ccc(N=Nc2c(O)c(C(=O)Nc3ccc(Oc4ccc(C(=O)c5ccccc5)c(O)c4)cc3)cc3ccccc23)c(S(=O)(=O)O)c1. The number of amides is 1. The molecule has 4 N–H and O–H groups in total. The molecule has 0 unspecified atom stereocenters. The Morgan fingerprint density at radius 2 is 1.43 bits per heavy atom. The summed E-state index contributed by atoms with van der Waals surface area (Å²) in [4.78, 5) is 25.7. The van der Waals surface area contributed by atoms with E-state index < -0.39 is 26.7 Å². The van der Waals surface area contributed by atoms with Crippen molar-refractivity contribution in [1.82, 2.24) is 0 Å². The van der Waals surface area contributed by atoms with Crippen molar-refractivity contribution in [3.63, 3.8) is 0 Å². The number of phenolic OH excluding ortho intramolecular Hbond substituents is 2. The number of nitrogens with one attached hydrogen (secondary N) is 1. The molecule has 12 heteroatoms. The van der Waals surface area contributed by atoms with E-state index in [0.717, 1.165) is 0 Å². The maximum absolute atomic E-state index is 13.4. The predicted octanol–water partition coefficient (Wildman–Crippen LogP) is 8.50. The first-order valence-electron chi connectivity index (χ1n) is 14.7. The van der Waals surface area contributed by atoms with Crippen LogP contribution in [0.5, 0.6) is 23.0 Å². The maximum atomic E-state index is 13.4. The van der Waals surface area contributed by atoms with Crippen LogP contribution >= 0.6 is 0 Å². The number of ketones is 1. The molecule has 6 aromatic carbocycles. The van der Waals surface area contributed by atoms with Crippen LogP contribution in [-0.4, -0.2) is 34.9 Å². The normalized spacial score (nSPS) is 11.5. The van der Waals surface area contributed by atoms with E-state index in [1.807, 2.05) is 0 Å². The number of nitrogens with zero attached hydrogens (tertiary/aromatic N) is 2. The maximum Gasteiger partial charge on any atom is 0.296 e. The summed E-state index contributed by atoms with van der Waals surface area (Å²) in [5, 5.41) is 33.5. The van der Waals surface area contributed by atoms with Gasteiger partial charge in [-0.25, -0.2) is 0 Å². The summed E-state index contributed by atoms with van der Waals surface area (Å²) >= 11 is 0. The molecule has 6 rings (SSSR count). The Hall–Kier alpha value is -6.37. The molecule has 0 fully saturated rings. The molecule has 0 saturated carbocycles. The third kappa shape index (κ3) is 7.15. The van der Waals surface area contributed by atoms with Gasteiger partial charge in [0.05, 0.1) is 11.1 Å². The van der Waals surface area contributed by atoms with Crippen molar-refractivity contribution in [1.29, 1.82) is 0 Å². The fourth-order valence-electron chi connectivity index (χ4n) is 5.06. The van der Waals surface area contributed by atoms with Gasteiger partial charge in [-0.05, 0) is 72.5 Å². The average molecular weight is 674 g/mol. The Morgan fingerprint density at radius 1 is 0.735 bits per heavy atom. The number of hydrogen-bond acceptors (Lipinski definition) is 9. The summed E-state index contributed by atoms with van der Waals surface area (Å²) in [6.07, 6.45) is 0. The quantitative estimate of drug-likeness (QED) is 0.0671. The van der Waals surface area contributed by atoms with E-state index in [0.29, 0.717) is 33.3 Å². The van der Waals surface area contributed by atoms with Crippen molar-refractivity contribution in [2.75, 3.05) is 5.32 Å². The highest BCUT2D eigenvalue weighted by Crippen LogP contribution is 2.40. The second-order valence-corrected chi connectivity index (χ2v) is 12.3. The van der Waals surface area contributed by atoms with Gasteiger partial charge in [0.1, 0.15) is 33.5 Å². The van der Waals surface area contributed by atoms with Crippen molar-refractivity contribution in [3.05, 3.63) is 144 Å². The molecule has 0 radical (unpaired) electrons. The number of aromatic hydroxyl groups is 2. The lowest BCUT2D eigenvalue weighted by atomic mass is 10.0. The van der Waals surface area contributed by atoms with Crippen LogP contribution < -0.4 is 10.1 Å². The lowest BCUT2D eigenvalue weighted by molar-refractivity contribution is 0.102. The van der Waals surface area contributed by atoms with Crippen molar-refractivity contribution < 1.29 is 37.5 Å². The molecule has 0 saturated heterocycles. The second-order valence-electron chi connectivity index (χ2n) is 10.9.